The van der Waals surface area contributed by atoms with Gasteiger partial charge in [0.25, 0.3) is 0 Å². The van der Waals surface area contributed by atoms with Crippen molar-refractivity contribution in [3.05, 3.63) is 42.0 Å². The van der Waals surface area contributed by atoms with Crippen molar-refractivity contribution in [2.24, 2.45) is 5.73 Å². The van der Waals surface area contributed by atoms with Crippen molar-refractivity contribution in [1.29, 1.82) is 0 Å². The van der Waals surface area contributed by atoms with E-state index < -0.39 is 5.95 Å². The molecule has 0 aliphatic carbocycles. The Hall–Kier alpha value is -1.22. The van der Waals surface area contributed by atoms with Gasteiger partial charge in [0.2, 0.25) is 5.95 Å². The third kappa shape index (κ3) is 1.68. The molecule has 0 aliphatic heterocycles. The number of aryl methyl sites for hydroxylation is 1. The van der Waals surface area contributed by atoms with Gasteiger partial charge in [0.15, 0.2) is 0 Å². The van der Waals surface area contributed by atoms with Gasteiger partial charge in [-0.25, -0.2) is 4.98 Å². The highest BCUT2D eigenvalue weighted by Crippen LogP contribution is 2.12. The highest BCUT2D eigenvalue weighted by Gasteiger charge is 2.04. The summed E-state index contributed by atoms with van der Waals surface area (Å²) in [5.74, 6) is -0.449. The van der Waals surface area contributed by atoms with Crippen LogP contribution >= 0.6 is 0 Å². The zero-order chi connectivity index (χ0) is 9.14. The maximum absolute atomic E-state index is 12.7. The highest BCUT2D eigenvalue weighted by atomic mass is 19.1. The summed E-state index contributed by atoms with van der Waals surface area (Å²) < 4.78 is 12.7. The number of hydrogen-bond donors (Lipinski definition) is 1. The summed E-state index contributed by atoms with van der Waals surface area (Å²) in [6.45, 7) is 5.20. The summed E-state index contributed by atoms with van der Waals surface area (Å²) in [6.07, 6.45) is 3.02. The molecule has 0 radical (unpaired) electrons. The highest BCUT2D eigenvalue weighted by molar-refractivity contribution is 5.23. The van der Waals surface area contributed by atoms with E-state index in [9.17, 15) is 4.39 Å². The van der Waals surface area contributed by atoms with Crippen molar-refractivity contribution in [3.8, 4) is 0 Å². The van der Waals surface area contributed by atoms with Gasteiger partial charge >= 0.3 is 0 Å². The molecule has 1 atom stereocenters. The van der Waals surface area contributed by atoms with Gasteiger partial charge in [0, 0.05) is 17.8 Å². The molecular weight excluding hydrogens is 155 g/mol. The van der Waals surface area contributed by atoms with E-state index in [4.69, 9.17) is 5.73 Å². The molecule has 3 heteroatoms. The second-order valence-corrected chi connectivity index (χ2v) is 2.64. The largest absolute Gasteiger partial charge is 0.321 e. The third-order valence-electron chi connectivity index (χ3n) is 1.67. The molecule has 1 aromatic rings. The normalized spacial score (nSPS) is 12.6. The Morgan fingerprint density at radius 3 is 2.92 bits per heavy atom. The summed E-state index contributed by atoms with van der Waals surface area (Å²) in [5, 5.41) is 0. The van der Waals surface area contributed by atoms with Crippen LogP contribution in [-0.2, 0) is 0 Å². The van der Waals surface area contributed by atoms with Gasteiger partial charge in [-0.2, -0.15) is 4.39 Å². The molecule has 2 N–H and O–H groups in total. The lowest BCUT2D eigenvalue weighted by Crippen LogP contribution is -2.07. The summed E-state index contributed by atoms with van der Waals surface area (Å²) in [6, 6.07) is 1.41. The third-order valence-corrected chi connectivity index (χ3v) is 1.67. The van der Waals surface area contributed by atoms with Crippen LogP contribution in [0.2, 0.25) is 0 Å². The SMILES string of the molecule is C=C[C@H](N)c1cnc(F)c(C)c1. The molecule has 0 amide bonds. The minimum absolute atomic E-state index is 0.267. The number of nitrogens with two attached hydrogens (primary N) is 1. The number of hydrogen-bond acceptors (Lipinski definition) is 2. The quantitative estimate of drug-likeness (QED) is 0.536. The van der Waals surface area contributed by atoms with Crippen LogP contribution in [0.3, 0.4) is 0 Å². The Morgan fingerprint density at radius 1 is 1.75 bits per heavy atom. The molecule has 12 heavy (non-hydrogen) atoms. The van der Waals surface area contributed by atoms with Crippen molar-refractivity contribution in [3.63, 3.8) is 0 Å². The molecule has 1 heterocycles. The van der Waals surface area contributed by atoms with Crippen molar-refractivity contribution in [1.82, 2.24) is 4.98 Å². The Kier molecular flexibility index (Phi) is 2.55. The molecule has 0 saturated heterocycles. The number of halogens is 1. The van der Waals surface area contributed by atoms with E-state index in [1.165, 1.54) is 6.20 Å². The van der Waals surface area contributed by atoms with Crippen LogP contribution in [-0.4, -0.2) is 4.98 Å². The molecule has 1 aromatic heterocycles. The average molecular weight is 166 g/mol. The molecule has 1 rings (SSSR count). The van der Waals surface area contributed by atoms with E-state index in [1.54, 1.807) is 19.1 Å². The van der Waals surface area contributed by atoms with Gasteiger partial charge < -0.3 is 5.73 Å². The van der Waals surface area contributed by atoms with E-state index in [2.05, 4.69) is 11.6 Å². The van der Waals surface area contributed by atoms with Crippen molar-refractivity contribution < 1.29 is 4.39 Å². The Labute approximate surface area is 70.9 Å². The maximum atomic E-state index is 12.7. The predicted octanol–water partition coefficient (Wildman–Crippen LogP) is 1.71. The molecule has 2 nitrogen and oxygen atoms in total. The zero-order valence-corrected chi connectivity index (χ0v) is 6.92. The fraction of sp³-hybridized carbons (Fsp3) is 0.222. The molecule has 0 aromatic carbocycles. The van der Waals surface area contributed by atoms with Crippen molar-refractivity contribution in [2.45, 2.75) is 13.0 Å². The standard InChI is InChI=1S/C9H11FN2/c1-3-8(11)7-4-6(2)9(10)12-5-7/h3-5,8H,1,11H2,2H3/t8-/m0/s1. The van der Waals surface area contributed by atoms with Crippen LogP contribution in [0, 0.1) is 12.9 Å². The van der Waals surface area contributed by atoms with E-state index in [0.29, 0.717) is 5.56 Å². The van der Waals surface area contributed by atoms with Crippen molar-refractivity contribution in [2.75, 3.05) is 0 Å². The first kappa shape index (κ1) is 8.87. The van der Waals surface area contributed by atoms with Gasteiger partial charge in [-0.1, -0.05) is 6.08 Å². The topological polar surface area (TPSA) is 38.9 Å². The van der Waals surface area contributed by atoms with Crippen LogP contribution in [0.1, 0.15) is 17.2 Å². The molecule has 0 bridgehead atoms. The molecule has 0 unspecified atom stereocenters. The average Bonchev–Trinajstić information content (AvgIpc) is 2.08. The maximum Gasteiger partial charge on any atom is 0.215 e. The molecule has 0 fully saturated rings. The molecule has 64 valence electrons. The first-order valence-corrected chi connectivity index (χ1v) is 3.65. The summed E-state index contributed by atoms with van der Waals surface area (Å²) in [4.78, 5) is 3.55. The van der Waals surface area contributed by atoms with Crippen LogP contribution in [0.5, 0.6) is 0 Å². The van der Waals surface area contributed by atoms with Crippen molar-refractivity contribution >= 4 is 0 Å². The van der Waals surface area contributed by atoms with Gasteiger partial charge in [-0.05, 0) is 18.6 Å². The van der Waals surface area contributed by atoms with E-state index in [0.717, 1.165) is 5.56 Å². The second kappa shape index (κ2) is 3.45. The minimum Gasteiger partial charge on any atom is -0.321 e. The van der Waals surface area contributed by atoms with Gasteiger partial charge in [0.05, 0.1) is 0 Å². The van der Waals surface area contributed by atoms with Gasteiger partial charge in [-0.3, -0.25) is 0 Å². The molecular formula is C9H11FN2. The lowest BCUT2D eigenvalue weighted by molar-refractivity contribution is 0.572. The Balaban J connectivity index is 3.04. The fourth-order valence-corrected chi connectivity index (χ4v) is 0.898. The zero-order valence-electron chi connectivity index (χ0n) is 6.92. The van der Waals surface area contributed by atoms with Crippen LogP contribution in [0.15, 0.2) is 24.9 Å². The number of aromatic nitrogens is 1. The smallest absolute Gasteiger partial charge is 0.215 e. The Bertz CT molecular complexity index is 297. The van der Waals surface area contributed by atoms with E-state index in [1.807, 2.05) is 0 Å². The molecule has 0 aliphatic rings. The van der Waals surface area contributed by atoms with E-state index >= 15 is 0 Å². The molecule has 0 spiro atoms. The first-order chi connectivity index (χ1) is 5.65. The van der Waals surface area contributed by atoms with Crippen LogP contribution in [0.4, 0.5) is 4.39 Å². The van der Waals surface area contributed by atoms with Gasteiger partial charge in [0.1, 0.15) is 0 Å². The number of rotatable bonds is 2. The van der Waals surface area contributed by atoms with E-state index in [-0.39, 0.29) is 6.04 Å². The summed E-state index contributed by atoms with van der Waals surface area (Å²) in [7, 11) is 0. The second-order valence-electron chi connectivity index (χ2n) is 2.64. The first-order valence-electron chi connectivity index (χ1n) is 3.65. The van der Waals surface area contributed by atoms with Crippen LogP contribution in [0.25, 0.3) is 0 Å². The Morgan fingerprint density at radius 2 is 2.42 bits per heavy atom. The fourth-order valence-electron chi connectivity index (χ4n) is 0.898. The summed E-state index contributed by atoms with van der Waals surface area (Å²) in [5.41, 5.74) is 6.92. The lowest BCUT2D eigenvalue weighted by atomic mass is 10.1. The number of pyridine rings is 1. The number of nitrogens with zero attached hydrogens (tertiary/aromatic N) is 1. The lowest BCUT2D eigenvalue weighted by Gasteiger charge is -2.06. The molecule has 0 saturated carbocycles. The summed E-state index contributed by atoms with van der Waals surface area (Å²) >= 11 is 0. The van der Waals surface area contributed by atoms with Crippen LogP contribution < -0.4 is 5.73 Å². The minimum atomic E-state index is -0.449. The predicted molar refractivity (Wildman–Crippen MR) is 46.1 cm³/mol. The monoisotopic (exact) mass is 166 g/mol. The van der Waals surface area contributed by atoms with Gasteiger partial charge in [-0.15, -0.1) is 6.58 Å².